The summed E-state index contributed by atoms with van der Waals surface area (Å²) in [6, 6.07) is 5.26. The second kappa shape index (κ2) is 4.56. The average Bonchev–Trinajstić information content (AvgIpc) is 2.66. The summed E-state index contributed by atoms with van der Waals surface area (Å²) in [4.78, 5) is 16.4. The van der Waals surface area contributed by atoms with E-state index in [9.17, 15) is 13.2 Å². The quantitative estimate of drug-likeness (QED) is 0.714. The Morgan fingerprint density at radius 3 is 2.67 bits per heavy atom. The molecule has 0 fully saturated rings. The molecular formula is C10H14N4O3S. The van der Waals surface area contributed by atoms with E-state index in [1.807, 2.05) is 0 Å². The van der Waals surface area contributed by atoms with Gasteiger partial charge in [0.25, 0.3) is 10.2 Å². The molecule has 0 unspecified atom stereocenters. The highest BCUT2D eigenvalue weighted by molar-refractivity contribution is 7.87. The number of nitrogens with one attached hydrogen (secondary N) is 3. The molecule has 0 saturated carbocycles. The lowest BCUT2D eigenvalue weighted by molar-refractivity contribution is 0.505. The molecule has 0 bridgehead atoms. The topological polar surface area (TPSA) is 98.1 Å². The first kappa shape index (κ1) is 12.8. The van der Waals surface area contributed by atoms with Crippen LogP contribution in [0.4, 0.5) is 0 Å². The molecule has 1 heterocycles. The van der Waals surface area contributed by atoms with Crippen molar-refractivity contribution in [1.29, 1.82) is 0 Å². The van der Waals surface area contributed by atoms with Crippen LogP contribution in [0.5, 0.6) is 0 Å². The van der Waals surface area contributed by atoms with Crippen molar-refractivity contribution in [2.75, 3.05) is 14.1 Å². The Bertz CT molecular complexity index is 714. The van der Waals surface area contributed by atoms with Crippen molar-refractivity contribution >= 4 is 21.2 Å². The van der Waals surface area contributed by atoms with Gasteiger partial charge in [-0.3, -0.25) is 0 Å². The zero-order valence-electron chi connectivity index (χ0n) is 10.0. The Hall–Kier alpha value is -1.64. The van der Waals surface area contributed by atoms with Gasteiger partial charge in [0.15, 0.2) is 0 Å². The first-order chi connectivity index (χ1) is 8.40. The molecule has 8 heteroatoms. The molecule has 98 valence electrons. The van der Waals surface area contributed by atoms with Gasteiger partial charge in [-0.15, -0.1) is 0 Å². The van der Waals surface area contributed by atoms with Gasteiger partial charge in [0.05, 0.1) is 11.0 Å². The number of rotatable bonds is 4. The molecular weight excluding hydrogens is 256 g/mol. The van der Waals surface area contributed by atoms with Crippen LogP contribution in [0.1, 0.15) is 5.56 Å². The zero-order chi connectivity index (χ0) is 13.3. The molecule has 2 aromatic rings. The highest BCUT2D eigenvalue weighted by atomic mass is 32.2. The molecule has 2 rings (SSSR count). The van der Waals surface area contributed by atoms with E-state index >= 15 is 0 Å². The van der Waals surface area contributed by atoms with Crippen molar-refractivity contribution in [2.45, 2.75) is 6.54 Å². The van der Waals surface area contributed by atoms with E-state index in [0.29, 0.717) is 16.6 Å². The van der Waals surface area contributed by atoms with Gasteiger partial charge in [-0.25, -0.2) is 4.79 Å². The average molecular weight is 270 g/mol. The van der Waals surface area contributed by atoms with Crippen molar-refractivity contribution < 1.29 is 8.42 Å². The lowest BCUT2D eigenvalue weighted by Gasteiger charge is -2.12. The summed E-state index contributed by atoms with van der Waals surface area (Å²) in [7, 11) is -0.586. The predicted octanol–water partition coefficient (Wildman–Crippen LogP) is -0.248. The standard InChI is InChI=1S/C10H14N4O3S/c1-14(2)18(16,17)11-6-7-4-3-5-8-9(7)13-10(15)12-8/h3-5,11H,6H2,1-2H3,(H2,12,13,15). The van der Waals surface area contributed by atoms with Gasteiger partial charge in [-0.05, 0) is 11.6 Å². The minimum atomic E-state index is -3.48. The first-order valence-corrected chi connectivity index (χ1v) is 6.71. The molecule has 0 saturated heterocycles. The summed E-state index contributed by atoms with van der Waals surface area (Å²) in [6.45, 7) is 0.117. The third kappa shape index (κ3) is 2.45. The van der Waals surface area contributed by atoms with Crippen LogP contribution in [0, 0.1) is 0 Å². The maximum absolute atomic E-state index is 11.6. The summed E-state index contributed by atoms with van der Waals surface area (Å²) in [6.07, 6.45) is 0. The summed E-state index contributed by atoms with van der Waals surface area (Å²) in [5, 5.41) is 0. The van der Waals surface area contributed by atoms with E-state index in [1.54, 1.807) is 18.2 Å². The summed E-state index contributed by atoms with van der Waals surface area (Å²) in [5.74, 6) is 0. The van der Waals surface area contributed by atoms with E-state index in [1.165, 1.54) is 14.1 Å². The largest absolute Gasteiger partial charge is 0.323 e. The van der Waals surface area contributed by atoms with E-state index in [-0.39, 0.29) is 12.2 Å². The molecule has 1 aromatic heterocycles. The summed E-state index contributed by atoms with van der Waals surface area (Å²) in [5.41, 5.74) is 1.66. The molecule has 3 N–H and O–H groups in total. The SMILES string of the molecule is CN(C)S(=O)(=O)NCc1cccc2[nH]c(=O)[nH]c12. The minimum absolute atomic E-state index is 0.117. The first-order valence-electron chi connectivity index (χ1n) is 5.27. The fourth-order valence-corrected chi connectivity index (χ4v) is 2.16. The fourth-order valence-electron chi connectivity index (χ4n) is 1.56. The van der Waals surface area contributed by atoms with E-state index < -0.39 is 10.2 Å². The second-order valence-electron chi connectivity index (χ2n) is 4.03. The number of benzene rings is 1. The van der Waals surface area contributed by atoms with Crippen molar-refractivity contribution in [3.63, 3.8) is 0 Å². The minimum Gasteiger partial charge on any atom is -0.306 e. The van der Waals surface area contributed by atoms with Gasteiger partial charge in [-0.1, -0.05) is 12.1 Å². The van der Waals surface area contributed by atoms with Crippen LogP contribution >= 0.6 is 0 Å². The second-order valence-corrected chi connectivity index (χ2v) is 6.00. The van der Waals surface area contributed by atoms with Crippen LogP contribution < -0.4 is 10.4 Å². The Balaban J connectivity index is 2.30. The molecule has 1 aromatic carbocycles. The van der Waals surface area contributed by atoms with Gasteiger partial charge in [-0.2, -0.15) is 17.4 Å². The number of aromatic nitrogens is 2. The number of imidazole rings is 1. The number of para-hydroxylation sites is 1. The van der Waals surface area contributed by atoms with Crippen LogP contribution in [0.2, 0.25) is 0 Å². The number of nitrogens with zero attached hydrogens (tertiary/aromatic N) is 1. The van der Waals surface area contributed by atoms with Crippen LogP contribution in [0.15, 0.2) is 23.0 Å². The number of fused-ring (bicyclic) bond motifs is 1. The highest BCUT2D eigenvalue weighted by Gasteiger charge is 2.13. The van der Waals surface area contributed by atoms with Crippen molar-refractivity contribution in [3.05, 3.63) is 34.2 Å². The summed E-state index contributed by atoms with van der Waals surface area (Å²) >= 11 is 0. The molecule has 0 aliphatic heterocycles. The zero-order valence-corrected chi connectivity index (χ0v) is 10.8. The Morgan fingerprint density at radius 2 is 2.00 bits per heavy atom. The molecule has 0 aliphatic carbocycles. The van der Waals surface area contributed by atoms with Crippen LogP contribution in [0.3, 0.4) is 0 Å². The lowest BCUT2D eigenvalue weighted by atomic mass is 10.2. The van der Waals surface area contributed by atoms with Gasteiger partial charge < -0.3 is 9.97 Å². The van der Waals surface area contributed by atoms with Crippen molar-refractivity contribution in [1.82, 2.24) is 19.0 Å². The monoisotopic (exact) mass is 270 g/mol. The molecule has 0 atom stereocenters. The maximum Gasteiger partial charge on any atom is 0.323 e. The Morgan fingerprint density at radius 1 is 1.28 bits per heavy atom. The van der Waals surface area contributed by atoms with Crippen molar-refractivity contribution in [3.8, 4) is 0 Å². The van der Waals surface area contributed by atoms with Gasteiger partial charge in [0.1, 0.15) is 0 Å². The maximum atomic E-state index is 11.6. The Kier molecular flexibility index (Phi) is 3.24. The third-order valence-corrected chi connectivity index (χ3v) is 4.03. The Labute approximate surface area is 104 Å². The third-order valence-electron chi connectivity index (χ3n) is 2.56. The lowest BCUT2D eigenvalue weighted by Crippen LogP contribution is -2.35. The van der Waals surface area contributed by atoms with Gasteiger partial charge >= 0.3 is 5.69 Å². The molecule has 0 spiro atoms. The molecule has 18 heavy (non-hydrogen) atoms. The number of H-pyrrole nitrogens is 2. The number of hydrogen-bond donors (Lipinski definition) is 3. The van der Waals surface area contributed by atoms with E-state index in [4.69, 9.17) is 0 Å². The fraction of sp³-hybridized carbons (Fsp3) is 0.300. The number of hydrogen-bond acceptors (Lipinski definition) is 3. The number of aromatic amines is 2. The molecule has 7 nitrogen and oxygen atoms in total. The van der Waals surface area contributed by atoms with Gasteiger partial charge in [0.2, 0.25) is 0 Å². The van der Waals surface area contributed by atoms with Crippen LogP contribution in [-0.4, -0.2) is 36.8 Å². The van der Waals surface area contributed by atoms with Crippen LogP contribution in [-0.2, 0) is 16.8 Å². The van der Waals surface area contributed by atoms with Crippen LogP contribution in [0.25, 0.3) is 11.0 Å². The summed E-state index contributed by atoms with van der Waals surface area (Å²) < 4.78 is 26.7. The highest BCUT2D eigenvalue weighted by Crippen LogP contribution is 2.13. The van der Waals surface area contributed by atoms with Crippen molar-refractivity contribution in [2.24, 2.45) is 0 Å². The normalized spacial score (nSPS) is 12.4. The van der Waals surface area contributed by atoms with E-state index in [2.05, 4.69) is 14.7 Å². The molecule has 0 amide bonds. The smallest absolute Gasteiger partial charge is 0.306 e. The van der Waals surface area contributed by atoms with Gasteiger partial charge in [0, 0.05) is 20.6 Å². The predicted molar refractivity (Wildman–Crippen MR) is 68.4 cm³/mol. The van der Waals surface area contributed by atoms with E-state index in [0.717, 1.165) is 4.31 Å². The molecule has 0 aliphatic rings. The molecule has 0 radical (unpaired) electrons.